The Labute approximate surface area is 217 Å². The number of benzene rings is 2. The summed E-state index contributed by atoms with van der Waals surface area (Å²) in [6.45, 7) is 6.80. The van der Waals surface area contributed by atoms with Gasteiger partial charge in [-0.2, -0.15) is 0 Å². The van der Waals surface area contributed by atoms with E-state index in [4.69, 9.17) is 21.3 Å². The summed E-state index contributed by atoms with van der Waals surface area (Å²) in [4.78, 5) is 21.2. The molecule has 180 valence electrons. The molecule has 2 heterocycles. The summed E-state index contributed by atoms with van der Waals surface area (Å²) in [6.07, 6.45) is 1.81. The van der Waals surface area contributed by atoms with E-state index in [0.717, 1.165) is 32.6 Å². The summed E-state index contributed by atoms with van der Waals surface area (Å²) in [5.74, 6) is -0.161. The highest BCUT2D eigenvalue weighted by Gasteiger charge is 2.64. The lowest BCUT2D eigenvalue weighted by Gasteiger charge is -2.12. The lowest BCUT2D eigenvalue weighted by molar-refractivity contribution is -0.139. The van der Waals surface area contributed by atoms with Gasteiger partial charge >= 0.3 is 5.97 Å². The molecule has 1 N–H and O–H groups in total. The topological polar surface area (TPSA) is 77.2 Å². The van der Waals surface area contributed by atoms with Crippen molar-refractivity contribution in [3.63, 3.8) is 0 Å². The molecule has 0 radical (unpaired) electrons. The number of nitrogens with zero attached hydrogens (tertiary/aromatic N) is 3. The zero-order valence-electron chi connectivity index (χ0n) is 19.6. The van der Waals surface area contributed by atoms with Crippen molar-refractivity contribution in [3.8, 4) is 5.75 Å². The molecule has 0 amide bonds. The second kappa shape index (κ2) is 8.95. The molecule has 0 bridgehead atoms. The van der Waals surface area contributed by atoms with E-state index in [9.17, 15) is 9.90 Å². The molecule has 4 aromatic rings. The van der Waals surface area contributed by atoms with Crippen LogP contribution in [0.2, 0.25) is 5.02 Å². The third-order valence-corrected chi connectivity index (χ3v) is 7.61. The third kappa shape index (κ3) is 4.55. The molecule has 1 fully saturated rings. The van der Waals surface area contributed by atoms with Gasteiger partial charge in [0.1, 0.15) is 23.7 Å². The number of ether oxygens (including phenoxy) is 1. The number of hydrogen-bond donors (Lipinski definition) is 1. The number of pyridine rings is 1. The van der Waals surface area contributed by atoms with Crippen LogP contribution < -0.4 is 4.74 Å². The first-order valence-electron chi connectivity index (χ1n) is 11.4. The van der Waals surface area contributed by atoms with Crippen LogP contribution in [0.3, 0.4) is 0 Å². The quantitative estimate of drug-likeness (QED) is 0.278. The third-order valence-electron chi connectivity index (χ3n) is 6.80. The minimum atomic E-state index is -0.803. The fourth-order valence-electron chi connectivity index (χ4n) is 4.76. The smallest absolute Gasteiger partial charge is 0.307 e. The van der Waals surface area contributed by atoms with Gasteiger partial charge in [0.25, 0.3) is 0 Å². The van der Waals surface area contributed by atoms with Crippen molar-refractivity contribution in [2.75, 3.05) is 0 Å². The Morgan fingerprint density at radius 2 is 1.94 bits per heavy atom. The SMILES string of the molecule is Cc1ccc(COc2cc(Cl)c3nc(C4C(C(=O)O)C4(C)C)n(Cc4ccc(Br)cc4)c3c2)nc1. The standard InChI is InChI=1S/C27H25BrClN3O3/c1-15-4-9-18(30-12-15)14-35-19-10-20(29)24-21(11-19)32(13-16-5-7-17(28)8-6-16)25(31-24)22-23(26(33)34)27(22,2)3/h4-12,22-23H,13-14H2,1-3H3,(H,33,34). The molecule has 35 heavy (non-hydrogen) atoms. The van der Waals surface area contributed by atoms with Crippen LogP contribution in [0.5, 0.6) is 5.75 Å². The zero-order valence-corrected chi connectivity index (χ0v) is 22.0. The number of aromatic nitrogens is 3. The lowest BCUT2D eigenvalue weighted by Crippen LogP contribution is -2.07. The van der Waals surface area contributed by atoms with E-state index < -0.39 is 17.3 Å². The first kappa shape index (κ1) is 23.8. The van der Waals surface area contributed by atoms with Crippen molar-refractivity contribution in [1.29, 1.82) is 0 Å². The van der Waals surface area contributed by atoms with Crippen LogP contribution in [0.1, 0.15) is 42.4 Å². The highest BCUT2D eigenvalue weighted by atomic mass is 79.9. The van der Waals surface area contributed by atoms with Gasteiger partial charge in [0, 0.05) is 35.3 Å². The van der Waals surface area contributed by atoms with Crippen LogP contribution in [-0.4, -0.2) is 25.6 Å². The lowest BCUT2D eigenvalue weighted by atomic mass is 10.1. The van der Waals surface area contributed by atoms with Gasteiger partial charge < -0.3 is 14.4 Å². The molecule has 0 saturated heterocycles. The number of fused-ring (bicyclic) bond motifs is 1. The van der Waals surface area contributed by atoms with Crippen molar-refractivity contribution in [3.05, 3.63) is 86.9 Å². The Hall–Kier alpha value is -2.90. The number of rotatable bonds is 7. The van der Waals surface area contributed by atoms with Crippen LogP contribution in [0, 0.1) is 18.3 Å². The number of carboxylic acids is 1. The van der Waals surface area contributed by atoms with Gasteiger partial charge in [-0.15, -0.1) is 0 Å². The highest BCUT2D eigenvalue weighted by Crippen LogP contribution is 2.64. The average molecular weight is 555 g/mol. The molecule has 2 atom stereocenters. The number of aryl methyl sites for hydroxylation is 1. The van der Waals surface area contributed by atoms with Gasteiger partial charge in [-0.05, 0) is 41.7 Å². The molecule has 1 saturated carbocycles. The Bertz CT molecular complexity index is 1410. The number of aliphatic carboxylic acids is 1. The molecule has 2 unspecified atom stereocenters. The van der Waals surface area contributed by atoms with Gasteiger partial charge in [-0.25, -0.2) is 4.98 Å². The first-order chi connectivity index (χ1) is 16.6. The predicted octanol–water partition coefficient (Wildman–Crippen LogP) is 6.61. The first-order valence-corrected chi connectivity index (χ1v) is 12.5. The van der Waals surface area contributed by atoms with Gasteiger partial charge in [0.05, 0.1) is 22.2 Å². The summed E-state index contributed by atoms with van der Waals surface area (Å²) >= 11 is 10.2. The van der Waals surface area contributed by atoms with Crippen LogP contribution in [0.25, 0.3) is 11.0 Å². The van der Waals surface area contributed by atoms with Gasteiger partial charge in [-0.1, -0.05) is 59.6 Å². The average Bonchev–Trinajstić information content (AvgIpc) is 3.22. The molecule has 2 aromatic carbocycles. The van der Waals surface area contributed by atoms with E-state index >= 15 is 0 Å². The van der Waals surface area contributed by atoms with Crippen molar-refractivity contribution in [2.24, 2.45) is 11.3 Å². The van der Waals surface area contributed by atoms with Crippen molar-refractivity contribution in [1.82, 2.24) is 14.5 Å². The summed E-state index contributed by atoms with van der Waals surface area (Å²) < 4.78 is 9.11. The number of carboxylic acid groups (broad SMARTS) is 1. The summed E-state index contributed by atoms with van der Waals surface area (Å²) in [6, 6.07) is 15.7. The van der Waals surface area contributed by atoms with Crippen molar-refractivity contribution in [2.45, 2.75) is 39.8 Å². The Morgan fingerprint density at radius 3 is 2.57 bits per heavy atom. The van der Waals surface area contributed by atoms with Gasteiger partial charge in [-0.3, -0.25) is 9.78 Å². The van der Waals surface area contributed by atoms with E-state index in [1.54, 1.807) is 6.07 Å². The Balaban J connectivity index is 1.56. The van der Waals surface area contributed by atoms with E-state index in [0.29, 0.717) is 29.4 Å². The largest absolute Gasteiger partial charge is 0.487 e. The monoisotopic (exact) mass is 553 g/mol. The van der Waals surface area contributed by atoms with E-state index in [2.05, 4.69) is 25.5 Å². The number of imidazole rings is 1. The highest BCUT2D eigenvalue weighted by molar-refractivity contribution is 9.10. The number of carbonyl (C=O) groups is 1. The van der Waals surface area contributed by atoms with Crippen LogP contribution in [0.4, 0.5) is 0 Å². The summed E-state index contributed by atoms with van der Waals surface area (Å²) in [5.41, 5.74) is 4.05. The Kier molecular flexibility index (Phi) is 6.09. The number of halogens is 2. The second-order valence-electron chi connectivity index (χ2n) is 9.69. The van der Waals surface area contributed by atoms with Crippen molar-refractivity contribution >= 4 is 44.5 Å². The molecule has 2 aromatic heterocycles. The maximum atomic E-state index is 12.0. The maximum Gasteiger partial charge on any atom is 0.307 e. The van der Waals surface area contributed by atoms with Crippen molar-refractivity contribution < 1.29 is 14.6 Å². The Morgan fingerprint density at radius 1 is 1.20 bits per heavy atom. The fraction of sp³-hybridized carbons (Fsp3) is 0.296. The molecular weight excluding hydrogens is 530 g/mol. The molecular formula is C27H25BrClN3O3. The van der Waals surface area contributed by atoms with E-state index in [-0.39, 0.29) is 5.92 Å². The molecule has 0 spiro atoms. The van der Waals surface area contributed by atoms with Crippen LogP contribution >= 0.6 is 27.5 Å². The van der Waals surface area contributed by atoms with Gasteiger partial charge in [0.15, 0.2) is 0 Å². The fourth-order valence-corrected chi connectivity index (χ4v) is 5.27. The van der Waals surface area contributed by atoms with E-state index in [1.165, 1.54) is 0 Å². The van der Waals surface area contributed by atoms with Crippen LogP contribution in [0.15, 0.2) is 59.2 Å². The second-order valence-corrected chi connectivity index (χ2v) is 11.0. The predicted molar refractivity (Wildman–Crippen MR) is 139 cm³/mol. The van der Waals surface area contributed by atoms with Crippen LogP contribution in [-0.2, 0) is 17.9 Å². The molecule has 1 aliphatic carbocycles. The summed E-state index contributed by atoms with van der Waals surface area (Å²) in [7, 11) is 0. The number of hydrogen-bond acceptors (Lipinski definition) is 4. The van der Waals surface area contributed by atoms with E-state index in [1.807, 2.05) is 69.4 Å². The molecule has 6 nitrogen and oxygen atoms in total. The molecule has 0 aliphatic heterocycles. The summed E-state index contributed by atoms with van der Waals surface area (Å²) in [5, 5.41) is 10.3. The maximum absolute atomic E-state index is 12.0. The van der Waals surface area contributed by atoms with Gasteiger partial charge in [0.2, 0.25) is 0 Å². The molecule has 8 heteroatoms. The minimum absolute atomic E-state index is 0.208. The minimum Gasteiger partial charge on any atom is -0.487 e. The normalized spacial score (nSPS) is 18.5. The molecule has 1 aliphatic rings. The molecule has 5 rings (SSSR count). The zero-order chi connectivity index (χ0) is 24.9.